The van der Waals surface area contributed by atoms with Crippen LogP contribution in [0.5, 0.6) is 5.75 Å². The number of carbonyl (C=O) groups excluding carboxylic acids is 1. The van der Waals surface area contributed by atoms with E-state index in [4.69, 9.17) is 4.74 Å². The Kier molecular flexibility index (Phi) is 7.83. The number of allylic oxidation sites excluding steroid dienone is 1. The van der Waals surface area contributed by atoms with E-state index in [-0.39, 0.29) is 23.5 Å². The van der Waals surface area contributed by atoms with Gasteiger partial charge in [0.05, 0.1) is 11.8 Å². The second-order valence-electron chi connectivity index (χ2n) is 6.94. The molecule has 0 aliphatic carbocycles. The molecule has 1 amide bonds. The van der Waals surface area contributed by atoms with Crippen LogP contribution in [0.25, 0.3) is 0 Å². The highest BCUT2D eigenvalue weighted by atomic mass is 32.2. The summed E-state index contributed by atoms with van der Waals surface area (Å²) in [7, 11) is 0. The summed E-state index contributed by atoms with van der Waals surface area (Å²) in [5.74, 6) is 0.926. The zero-order valence-corrected chi connectivity index (χ0v) is 18.3. The second kappa shape index (κ2) is 10.8. The Hall–Kier alpha value is -3.13. The molecule has 0 aliphatic rings. The lowest BCUT2D eigenvalue weighted by Gasteiger charge is -2.16. The van der Waals surface area contributed by atoms with Crippen molar-refractivity contribution in [1.29, 1.82) is 0 Å². The topological polar surface area (TPSA) is 69.0 Å². The van der Waals surface area contributed by atoms with Crippen LogP contribution < -0.4 is 10.1 Å². The van der Waals surface area contributed by atoms with E-state index in [9.17, 15) is 9.18 Å². The number of hydrogen-bond donors (Lipinski definition) is 1. The molecule has 1 aromatic heterocycles. The monoisotopic (exact) mass is 440 g/mol. The van der Waals surface area contributed by atoms with E-state index >= 15 is 0 Å². The highest BCUT2D eigenvalue weighted by Gasteiger charge is 2.20. The molecule has 2 atom stereocenters. The van der Waals surface area contributed by atoms with Gasteiger partial charge >= 0.3 is 0 Å². The van der Waals surface area contributed by atoms with Crippen molar-refractivity contribution >= 4 is 17.7 Å². The van der Waals surface area contributed by atoms with E-state index in [2.05, 4.69) is 22.1 Å². The third-order valence-corrected chi connectivity index (χ3v) is 5.52. The first-order chi connectivity index (χ1) is 15.0. The van der Waals surface area contributed by atoms with E-state index in [1.54, 1.807) is 18.2 Å². The Balaban J connectivity index is 1.63. The number of benzene rings is 2. The fraction of sp³-hybridized carbons (Fsp3) is 0.261. The SMILES string of the molecule is C=CCn1c(SCC(=O)NC(C)c2ccccc2)nnc1C(C)Oc1ccc(F)cc1. The lowest BCUT2D eigenvalue weighted by Crippen LogP contribution is -2.28. The Morgan fingerprint density at radius 1 is 1.19 bits per heavy atom. The van der Waals surface area contributed by atoms with Crippen LogP contribution in [0.2, 0.25) is 0 Å². The molecule has 0 saturated carbocycles. The minimum absolute atomic E-state index is 0.0833. The lowest BCUT2D eigenvalue weighted by molar-refractivity contribution is -0.119. The second-order valence-corrected chi connectivity index (χ2v) is 7.89. The molecular formula is C23H25FN4O2S. The highest BCUT2D eigenvalue weighted by Crippen LogP contribution is 2.25. The number of aromatic nitrogens is 3. The number of thioether (sulfide) groups is 1. The summed E-state index contributed by atoms with van der Waals surface area (Å²) in [6, 6.07) is 15.5. The molecule has 1 heterocycles. The molecule has 0 bridgehead atoms. The highest BCUT2D eigenvalue weighted by molar-refractivity contribution is 7.99. The number of carbonyl (C=O) groups is 1. The number of halogens is 1. The standard InChI is InChI=1S/C23H25FN4O2S/c1-4-14-28-22(17(3)30-20-12-10-19(24)11-13-20)26-27-23(28)31-15-21(29)25-16(2)18-8-6-5-7-9-18/h4-13,16-17H,1,14-15H2,2-3H3,(H,25,29). The third-order valence-electron chi connectivity index (χ3n) is 4.56. The van der Waals surface area contributed by atoms with E-state index in [1.807, 2.05) is 48.7 Å². The number of rotatable bonds is 10. The number of amides is 1. The summed E-state index contributed by atoms with van der Waals surface area (Å²) < 4.78 is 20.8. The quantitative estimate of drug-likeness (QED) is 0.365. The fourth-order valence-electron chi connectivity index (χ4n) is 3.02. The molecule has 8 heteroatoms. The molecule has 2 aromatic carbocycles. The van der Waals surface area contributed by atoms with Crippen LogP contribution in [-0.4, -0.2) is 26.4 Å². The van der Waals surface area contributed by atoms with Gasteiger partial charge in [0.15, 0.2) is 17.1 Å². The average Bonchev–Trinajstić information content (AvgIpc) is 3.17. The lowest BCUT2D eigenvalue weighted by atomic mass is 10.1. The van der Waals surface area contributed by atoms with Crippen molar-refractivity contribution in [3.63, 3.8) is 0 Å². The minimum Gasteiger partial charge on any atom is -0.483 e. The van der Waals surface area contributed by atoms with Gasteiger partial charge in [-0.1, -0.05) is 48.2 Å². The van der Waals surface area contributed by atoms with Gasteiger partial charge in [0, 0.05) is 6.54 Å². The maximum atomic E-state index is 13.1. The molecular weight excluding hydrogens is 415 g/mol. The molecule has 3 rings (SSSR count). The maximum absolute atomic E-state index is 13.1. The van der Waals surface area contributed by atoms with Crippen molar-refractivity contribution in [3.8, 4) is 5.75 Å². The van der Waals surface area contributed by atoms with Gasteiger partial charge in [0.1, 0.15) is 11.6 Å². The van der Waals surface area contributed by atoms with E-state index in [1.165, 1.54) is 23.9 Å². The molecule has 0 saturated heterocycles. The van der Waals surface area contributed by atoms with Gasteiger partial charge < -0.3 is 10.1 Å². The average molecular weight is 441 g/mol. The minimum atomic E-state index is -0.417. The normalized spacial score (nSPS) is 12.7. The van der Waals surface area contributed by atoms with Gasteiger partial charge in [0.2, 0.25) is 5.91 Å². The maximum Gasteiger partial charge on any atom is 0.230 e. The molecule has 1 N–H and O–H groups in total. The summed E-state index contributed by atoms with van der Waals surface area (Å²) >= 11 is 1.30. The van der Waals surface area contributed by atoms with Crippen LogP contribution in [0.1, 0.15) is 37.4 Å². The smallest absolute Gasteiger partial charge is 0.230 e. The molecule has 0 spiro atoms. The Bertz CT molecular complexity index is 1010. The van der Waals surface area contributed by atoms with Crippen molar-refractivity contribution in [3.05, 3.63) is 84.5 Å². The first-order valence-corrected chi connectivity index (χ1v) is 10.9. The Labute approximate surface area is 185 Å². The summed E-state index contributed by atoms with van der Waals surface area (Å²) in [5, 5.41) is 12.1. The van der Waals surface area contributed by atoms with Crippen LogP contribution in [0.15, 0.2) is 72.4 Å². The zero-order chi connectivity index (χ0) is 22.2. The molecule has 0 fully saturated rings. The molecule has 0 radical (unpaired) electrons. The van der Waals surface area contributed by atoms with Gasteiger partial charge in [-0.3, -0.25) is 9.36 Å². The predicted octanol–water partition coefficient (Wildman–Crippen LogP) is 4.71. The van der Waals surface area contributed by atoms with Gasteiger partial charge in [-0.05, 0) is 43.7 Å². The molecule has 6 nitrogen and oxygen atoms in total. The third kappa shape index (κ3) is 6.18. The number of nitrogens with zero attached hydrogens (tertiary/aromatic N) is 3. The van der Waals surface area contributed by atoms with Gasteiger partial charge in [-0.2, -0.15) is 0 Å². The van der Waals surface area contributed by atoms with Crippen molar-refractivity contribution in [2.45, 2.75) is 37.7 Å². The van der Waals surface area contributed by atoms with Crippen molar-refractivity contribution < 1.29 is 13.9 Å². The summed E-state index contributed by atoms with van der Waals surface area (Å²) in [6.07, 6.45) is 1.32. The summed E-state index contributed by atoms with van der Waals surface area (Å²) in [5.41, 5.74) is 1.05. The van der Waals surface area contributed by atoms with Gasteiger partial charge in [-0.25, -0.2) is 4.39 Å². The summed E-state index contributed by atoms with van der Waals surface area (Å²) in [6.45, 7) is 8.06. The van der Waals surface area contributed by atoms with E-state index < -0.39 is 6.10 Å². The molecule has 3 aromatic rings. The molecule has 0 aliphatic heterocycles. The molecule has 31 heavy (non-hydrogen) atoms. The van der Waals surface area contributed by atoms with Gasteiger partial charge in [-0.15, -0.1) is 16.8 Å². The van der Waals surface area contributed by atoms with Crippen molar-refractivity contribution in [1.82, 2.24) is 20.1 Å². The Morgan fingerprint density at radius 2 is 1.90 bits per heavy atom. The van der Waals surface area contributed by atoms with Crippen LogP contribution in [0, 0.1) is 5.82 Å². The summed E-state index contributed by atoms with van der Waals surface area (Å²) in [4.78, 5) is 12.4. The van der Waals surface area contributed by atoms with E-state index in [0.29, 0.717) is 23.3 Å². The van der Waals surface area contributed by atoms with Crippen LogP contribution in [-0.2, 0) is 11.3 Å². The fourth-order valence-corrected chi connectivity index (χ4v) is 3.78. The van der Waals surface area contributed by atoms with Crippen LogP contribution in [0.3, 0.4) is 0 Å². The number of nitrogens with one attached hydrogen (secondary N) is 1. The van der Waals surface area contributed by atoms with Crippen LogP contribution >= 0.6 is 11.8 Å². The first kappa shape index (κ1) is 22.6. The Morgan fingerprint density at radius 3 is 2.58 bits per heavy atom. The van der Waals surface area contributed by atoms with Crippen LogP contribution in [0.4, 0.5) is 4.39 Å². The number of ether oxygens (including phenoxy) is 1. The largest absolute Gasteiger partial charge is 0.483 e. The first-order valence-electron chi connectivity index (χ1n) is 9.91. The van der Waals surface area contributed by atoms with Crippen molar-refractivity contribution in [2.24, 2.45) is 0 Å². The van der Waals surface area contributed by atoms with Crippen molar-refractivity contribution in [2.75, 3.05) is 5.75 Å². The predicted molar refractivity (Wildman–Crippen MR) is 119 cm³/mol. The van der Waals surface area contributed by atoms with E-state index in [0.717, 1.165) is 5.56 Å². The molecule has 162 valence electrons. The number of hydrogen-bond acceptors (Lipinski definition) is 5. The zero-order valence-electron chi connectivity index (χ0n) is 17.5. The molecule has 2 unspecified atom stereocenters. The van der Waals surface area contributed by atoms with Gasteiger partial charge in [0.25, 0.3) is 0 Å².